The number of aliphatic hydroxyl groups is 2. The first-order chi connectivity index (χ1) is 12.9. The van der Waals surface area contributed by atoms with Gasteiger partial charge in [0.05, 0.1) is 24.3 Å². The van der Waals surface area contributed by atoms with Gasteiger partial charge in [-0.25, -0.2) is 9.59 Å². The van der Waals surface area contributed by atoms with Gasteiger partial charge in [0, 0.05) is 11.4 Å². The average Bonchev–Trinajstić information content (AvgIpc) is 2.67. The number of hydrogen-bond donors (Lipinski definition) is 4. The second-order valence-electron chi connectivity index (χ2n) is 5.51. The summed E-state index contributed by atoms with van der Waals surface area (Å²) < 4.78 is 10.3. The van der Waals surface area contributed by atoms with E-state index in [1.807, 2.05) is 0 Å². The van der Waals surface area contributed by atoms with Gasteiger partial charge >= 0.3 is 11.9 Å². The molecule has 0 aliphatic carbocycles. The van der Waals surface area contributed by atoms with Crippen molar-refractivity contribution in [1.29, 1.82) is 0 Å². The highest BCUT2D eigenvalue weighted by molar-refractivity contribution is 5.90. The van der Waals surface area contributed by atoms with E-state index in [0.29, 0.717) is 22.5 Å². The minimum absolute atomic E-state index is 0.0378. The van der Waals surface area contributed by atoms with E-state index in [4.69, 9.17) is 31.2 Å². The molecule has 2 aromatic carbocycles. The molecule has 0 aliphatic rings. The number of carbonyl (C=O) groups excluding carboxylic acids is 2. The summed E-state index contributed by atoms with van der Waals surface area (Å²) in [5, 5.41) is 15.2. The van der Waals surface area contributed by atoms with Crippen LogP contribution >= 0.6 is 0 Å². The molecule has 146 valence electrons. The molecule has 0 aliphatic heterocycles. The lowest BCUT2D eigenvalue weighted by Crippen LogP contribution is -2.22. The van der Waals surface area contributed by atoms with Gasteiger partial charge in [-0.2, -0.15) is 0 Å². The number of anilines is 2. The molecule has 0 heterocycles. The van der Waals surface area contributed by atoms with E-state index in [-0.39, 0.29) is 19.8 Å². The number of aliphatic hydroxyl groups excluding tert-OH is 2. The van der Waals surface area contributed by atoms with Crippen LogP contribution in [0, 0.1) is 0 Å². The largest absolute Gasteiger partial charge is 0.458 e. The van der Waals surface area contributed by atoms with E-state index in [1.54, 1.807) is 55.5 Å². The van der Waals surface area contributed by atoms with Crippen molar-refractivity contribution >= 4 is 23.3 Å². The minimum Gasteiger partial charge on any atom is -0.458 e. The zero-order valence-corrected chi connectivity index (χ0v) is 15.0. The fourth-order valence-corrected chi connectivity index (χ4v) is 1.80. The first-order valence-electron chi connectivity index (χ1n) is 8.18. The standard InChI is InChI=1S/C17H18N2O4.C2H6O2/c1-11(23-17(21)13-4-8-15(19)9-5-13)10-22-16(20)12-2-6-14(18)7-3-12;3-1-2-4/h2-9,11H,10,18-19H2,1H3;3-4H,1-2H2. The zero-order valence-electron chi connectivity index (χ0n) is 15.0. The molecule has 27 heavy (non-hydrogen) atoms. The monoisotopic (exact) mass is 376 g/mol. The molecule has 0 amide bonds. The van der Waals surface area contributed by atoms with E-state index in [1.165, 1.54) is 0 Å². The Bertz CT molecular complexity index is 714. The highest BCUT2D eigenvalue weighted by Crippen LogP contribution is 2.10. The van der Waals surface area contributed by atoms with E-state index < -0.39 is 18.0 Å². The molecule has 1 atom stereocenters. The maximum absolute atomic E-state index is 11.9. The molecule has 0 spiro atoms. The quantitative estimate of drug-likeness (QED) is 0.435. The van der Waals surface area contributed by atoms with Crippen molar-refractivity contribution in [1.82, 2.24) is 0 Å². The molecule has 2 rings (SSSR count). The fourth-order valence-electron chi connectivity index (χ4n) is 1.80. The van der Waals surface area contributed by atoms with E-state index in [0.717, 1.165) is 0 Å². The lowest BCUT2D eigenvalue weighted by Gasteiger charge is -2.13. The predicted octanol–water partition coefficient (Wildman–Crippen LogP) is 1.22. The molecule has 2 aromatic rings. The van der Waals surface area contributed by atoms with Crippen LogP contribution in [-0.4, -0.2) is 48.1 Å². The van der Waals surface area contributed by atoms with Gasteiger partial charge < -0.3 is 31.2 Å². The van der Waals surface area contributed by atoms with Crippen molar-refractivity contribution in [3.63, 3.8) is 0 Å². The van der Waals surface area contributed by atoms with Crippen LogP contribution in [0.4, 0.5) is 11.4 Å². The molecule has 0 saturated carbocycles. The Balaban J connectivity index is 0.000000828. The van der Waals surface area contributed by atoms with E-state index >= 15 is 0 Å². The molecule has 0 radical (unpaired) electrons. The van der Waals surface area contributed by atoms with Gasteiger partial charge in [-0.05, 0) is 55.5 Å². The zero-order chi connectivity index (χ0) is 20.2. The average molecular weight is 376 g/mol. The van der Waals surface area contributed by atoms with Crippen LogP contribution in [-0.2, 0) is 9.47 Å². The second kappa shape index (κ2) is 11.5. The van der Waals surface area contributed by atoms with Crippen LogP contribution < -0.4 is 11.5 Å². The fraction of sp³-hybridized carbons (Fsp3) is 0.263. The Kier molecular flexibility index (Phi) is 9.35. The molecule has 0 bridgehead atoms. The van der Waals surface area contributed by atoms with Gasteiger partial charge in [-0.3, -0.25) is 0 Å². The Morgan fingerprint density at radius 2 is 1.26 bits per heavy atom. The maximum Gasteiger partial charge on any atom is 0.338 e. The van der Waals surface area contributed by atoms with Crippen molar-refractivity contribution in [2.45, 2.75) is 13.0 Å². The summed E-state index contributed by atoms with van der Waals surface area (Å²) in [5.74, 6) is -0.999. The van der Waals surface area contributed by atoms with E-state index in [2.05, 4.69) is 0 Å². The number of benzene rings is 2. The summed E-state index contributed by atoms with van der Waals surface area (Å²) >= 11 is 0. The first-order valence-corrected chi connectivity index (χ1v) is 8.18. The molecule has 0 fully saturated rings. The number of esters is 2. The van der Waals surface area contributed by atoms with Crippen molar-refractivity contribution in [2.24, 2.45) is 0 Å². The SMILES string of the molecule is CC(COC(=O)c1ccc(N)cc1)OC(=O)c1ccc(N)cc1.OCCO. The Hall–Kier alpha value is -3.10. The number of nitrogen functional groups attached to an aromatic ring is 2. The van der Waals surface area contributed by atoms with Gasteiger partial charge in [0.1, 0.15) is 12.7 Å². The topological polar surface area (TPSA) is 145 Å². The number of nitrogens with two attached hydrogens (primary N) is 2. The predicted molar refractivity (Wildman–Crippen MR) is 101 cm³/mol. The van der Waals surface area contributed by atoms with Gasteiger partial charge in [-0.15, -0.1) is 0 Å². The summed E-state index contributed by atoms with van der Waals surface area (Å²) in [5.41, 5.74) is 13.0. The normalized spacial score (nSPS) is 10.9. The molecule has 8 nitrogen and oxygen atoms in total. The Morgan fingerprint density at radius 1 is 0.852 bits per heavy atom. The lowest BCUT2D eigenvalue weighted by molar-refractivity contribution is 0.00448. The molecule has 0 aromatic heterocycles. The van der Waals surface area contributed by atoms with Crippen LogP contribution in [0.5, 0.6) is 0 Å². The summed E-state index contributed by atoms with van der Waals surface area (Å²) in [6, 6.07) is 12.7. The second-order valence-corrected chi connectivity index (χ2v) is 5.51. The molecular formula is C19H24N2O6. The lowest BCUT2D eigenvalue weighted by atomic mass is 10.2. The molecule has 6 N–H and O–H groups in total. The number of carbonyl (C=O) groups is 2. The minimum atomic E-state index is -0.571. The highest BCUT2D eigenvalue weighted by Gasteiger charge is 2.14. The summed E-state index contributed by atoms with van der Waals surface area (Å²) in [6.45, 7) is 1.36. The van der Waals surface area contributed by atoms with Crippen molar-refractivity contribution in [2.75, 3.05) is 31.3 Å². The van der Waals surface area contributed by atoms with Crippen molar-refractivity contribution < 1.29 is 29.3 Å². The molecular weight excluding hydrogens is 352 g/mol. The summed E-state index contributed by atoms with van der Waals surface area (Å²) in [7, 11) is 0. The Labute approximate surface area is 157 Å². The van der Waals surface area contributed by atoms with E-state index in [9.17, 15) is 9.59 Å². The Morgan fingerprint density at radius 3 is 1.67 bits per heavy atom. The van der Waals surface area contributed by atoms with Crippen LogP contribution in [0.3, 0.4) is 0 Å². The maximum atomic E-state index is 11.9. The van der Waals surface area contributed by atoms with Crippen LogP contribution in [0.15, 0.2) is 48.5 Å². The van der Waals surface area contributed by atoms with Gasteiger partial charge in [0.2, 0.25) is 0 Å². The van der Waals surface area contributed by atoms with Crippen LogP contribution in [0.2, 0.25) is 0 Å². The van der Waals surface area contributed by atoms with Crippen LogP contribution in [0.1, 0.15) is 27.6 Å². The number of rotatable bonds is 6. The molecule has 8 heteroatoms. The third kappa shape index (κ3) is 8.21. The van der Waals surface area contributed by atoms with Gasteiger partial charge in [-0.1, -0.05) is 0 Å². The highest BCUT2D eigenvalue weighted by atomic mass is 16.6. The van der Waals surface area contributed by atoms with Gasteiger partial charge in [0.25, 0.3) is 0 Å². The summed E-state index contributed by atoms with van der Waals surface area (Å²) in [4.78, 5) is 23.7. The third-order valence-corrected chi connectivity index (χ3v) is 3.15. The number of ether oxygens (including phenoxy) is 2. The first kappa shape index (κ1) is 21.9. The third-order valence-electron chi connectivity index (χ3n) is 3.15. The number of hydrogen-bond acceptors (Lipinski definition) is 8. The van der Waals surface area contributed by atoms with Crippen molar-refractivity contribution in [3.05, 3.63) is 59.7 Å². The van der Waals surface area contributed by atoms with Crippen molar-refractivity contribution in [3.8, 4) is 0 Å². The summed E-state index contributed by atoms with van der Waals surface area (Å²) in [6.07, 6.45) is -0.571. The molecule has 0 saturated heterocycles. The molecule has 1 unspecified atom stereocenters. The van der Waals surface area contributed by atoms with Gasteiger partial charge in [0.15, 0.2) is 0 Å². The van der Waals surface area contributed by atoms with Crippen LogP contribution in [0.25, 0.3) is 0 Å². The smallest absolute Gasteiger partial charge is 0.338 e.